The number of esters is 1. The van der Waals surface area contributed by atoms with Gasteiger partial charge in [-0.3, -0.25) is 14.9 Å². The third kappa shape index (κ3) is 4.53. The third-order valence-electron chi connectivity index (χ3n) is 3.98. The molecule has 0 aliphatic rings. The van der Waals surface area contributed by atoms with Gasteiger partial charge in [0.05, 0.1) is 10.5 Å². The Labute approximate surface area is 151 Å². The van der Waals surface area contributed by atoms with Gasteiger partial charge in [-0.2, -0.15) is 0 Å². The van der Waals surface area contributed by atoms with Gasteiger partial charge in [-0.15, -0.1) is 0 Å². The number of nitro groups is 1. The standard InChI is InChI=1S/C20H21NO5/c1-13(18(22)14-8-10-16(11-9-14)20(2,3)4)26-19(23)15-6-5-7-17(12-15)21(24)25/h5-13H,1-4H3/t13-/m0/s1. The average molecular weight is 355 g/mol. The molecule has 0 N–H and O–H groups in total. The SMILES string of the molecule is C[C@H](OC(=O)c1cccc([N+](=O)[O-])c1)C(=O)c1ccc(C(C)(C)C)cc1. The minimum absolute atomic E-state index is 0.0261. The Morgan fingerprint density at radius 3 is 2.19 bits per heavy atom. The molecule has 6 heteroatoms. The molecule has 0 spiro atoms. The number of nitro benzene ring substituents is 1. The Balaban J connectivity index is 2.10. The summed E-state index contributed by atoms with van der Waals surface area (Å²) in [7, 11) is 0. The van der Waals surface area contributed by atoms with E-state index in [1.54, 1.807) is 12.1 Å². The number of benzene rings is 2. The predicted molar refractivity (Wildman–Crippen MR) is 97.4 cm³/mol. The van der Waals surface area contributed by atoms with Gasteiger partial charge in [-0.25, -0.2) is 4.79 Å². The van der Waals surface area contributed by atoms with Crippen LogP contribution in [0.4, 0.5) is 5.69 Å². The van der Waals surface area contributed by atoms with E-state index >= 15 is 0 Å². The van der Waals surface area contributed by atoms with Crippen molar-refractivity contribution in [2.45, 2.75) is 39.2 Å². The van der Waals surface area contributed by atoms with E-state index in [0.29, 0.717) is 5.56 Å². The maximum absolute atomic E-state index is 12.5. The Kier molecular flexibility index (Phi) is 5.55. The molecule has 1 atom stereocenters. The first-order valence-corrected chi connectivity index (χ1v) is 8.20. The molecular weight excluding hydrogens is 334 g/mol. The van der Waals surface area contributed by atoms with Crippen LogP contribution in [0, 0.1) is 10.1 Å². The summed E-state index contributed by atoms with van der Waals surface area (Å²) in [5.74, 6) is -1.11. The molecule has 2 aromatic carbocycles. The fourth-order valence-electron chi connectivity index (χ4n) is 2.40. The highest BCUT2D eigenvalue weighted by molar-refractivity contribution is 6.01. The number of nitrogens with zero attached hydrogens (tertiary/aromatic N) is 1. The molecule has 0 aliphatic carbocycles. The molecule has 0 fully saturated rings. The summed E-state index contributed by atoms with van der Waals surface area (Å²) in [6.45, 7) is 7.71. The highest BCUT2D eigenvalue weighted by Gasteiger charge is 2.22. The van der Waals surface area contributed by atoms with Crippen LogP contribution in [-0.4, -0.2) is 22.8 Å². The van der Waals surface area contributed by atoms with Gasteiger partial charge in [-0.05, 0) is 24.0 Å². The van der Waals surface area contributed by atoms with Crippen LogP contribution < -0.4 is 0 Å². The van der Waals surface area contributed by atoms with E-state index in [4.69, 9.17) is 4.74 Å². The van der Waals surface area contributed by atoms with E-state index < -0.39 is 17.0 Å². The second-order valence-corrected chi connectivity index (χ2v) is 7.05. The first-order valence-electron chi connectivity index (χ1n) is 8.20. The van der Waals surface area contributed by atoms with Crippen molar-refractivity contribution in [3.05, 3.63) is 75.3 Å². The number of non-ortho nitro benzene ring substituents is 1. The van der Waals surface area contributed by atoms with E-state index in [1.165, 1.54) is 25.1 Å². The van der Waals surface area contributed by atoms with E-state index in [-0.39, 0.29) is 22.4 Å². The molecule has 0 radical (unpaired) electrons. The fourth-order valence-corrected chi connectivity index (χ4v) is 2.40. The van der Waals surface area contributed by atoms with Crippen molar-refractivity contribution in [3.8, 4) is 0 Å². The van der Waals surface area contributed by atoms with E-state index in [0.717, 1.165) is 11.6 Å². The molecule has 2 aromatic rings. The molecule has 0 saturated heterocycles. The molecule has 0 saturated carbocycles. The summed E-state index contributed by atoms with van der Waals surface area (Å²) in [4.78, 5) is 34.8. The third-order valence-corrected chi connectivity index (χ3v) is 3.98. The van der Waals surface area contributed by atoms with Gasteiger partial charge in [0.25, 0.3) is 5.69 Å². The van der Waals surface area contributed by atoms with Crippen LogP contribution >= 0.6 is 0 Å². The van der Waals surface area contributed by atoms with Crippen molar-refractivity contribution in [3.63, 3.8) is 0 Å². The van der Waals surface area contributed by atoms with E-state index in [9.17, 15) is 19.7 Å². The zero-order valence-electron chi connectivity index (χ0n) is 15.2. The summed E-state index contributed by atoms with van der Waals surface area (Å²) in [6.07, 6.45) is -0.998. The Morgan fingerprint density at radius 1 is 1.04 bits per heavy atom. The number of Topliss-reactive ketones (excluding diaryl/α,β-unsaturated/α-hetero) is 1. The number of carbonyl (C=O) groups is 2. The van der Waals surface area contributed by atoms with Crippen LogP contribution in [0.25, 0.3) is 0 Å². The van der Waals surface area contributed by atoms with Gasteiger partial charge < -0.3 is 4.74 Å². The zero-order chi connectivity index (χ0) is 19.5. The lowest BCUT2D eigenvalue weighted by atomic mass is 9.86. The van der Waals surface area contributed by atoms with Gasteiger partial charge in [0, 0.05) is 17.7 Å². The van der Waals surface area contributed by atoms with Crippen molar-refractivity contribution in [2.75, 3.05) is 0 Å². The van der Waals surface area contributed by atoms with Gasteiger partial charge in [0.1, 0.15) is 0 Å². The molecule has 136 valence electrons. The molecular formula is C20H21NO5. The monoisotopic (exact) mass is 355 g/mol. The number of rotatable bonds is 5. The van der Waals surface area contributed by atoms with Crippen LogP contribution in [0.3, 0.4) is 0 Å². The average Bonchev–Trinajstić information content (AvgIpc) is 2.60. The predicted octanol–water partition coefficient (Wildman–Crippen LogP) is 4.32. The molecule has 0 aromatic heterocycles. The van der Waals surface area contributed by atoms with Crippen LogP contribution in [0.1, 0.15) is 54.0 Å². The highest BCUT2D eigenvalue weighted by Crippen LogP contribution is 2.23. The van der Waals surface area contributed by atoms with Crippen molar-refractivity contribution >= 4 is 17.4 Å². The number of hydrogen-bond acceptors (Lipinski definition) is 5. The largest absolute Gasteiger partial charge is 0.451 e. The van der Waals surface area contributed by atoms with Crippen molar-refractivity contribution in [1.29, 1.82) is 0 Å². The van der Waals surface area contributed by atoms with E-state index in [1.807, 2.05) is 12.1 Å². The maximum atomic E-state index is 12.5. The minimum Gasteiger partial charge on any atom is -0.451 e. The van der Waals surface area contributed by atoms with Gasteiger partial charge in [0.15, 0.2) is 6.10 Å². The second-order valence-electron chi connectivity index (χ2n) is 7.05. The summed E-state index contributed by atoms with van der Waals surface area (Å²) < 4.78 is 5.17. The lowest BCUT2D eigenvalue weighted by Crippen LogP contribution is -2.24. The van der Waals surface area contributed by atoms with Crippen molar-refractivity contribution < 1.29 is 19.2 Å². The summed E-state index contributed by atoms with van der Waals surface area (Å²) in [5.41, 5.74) is 1.33. The quantitative estimate of drug-likeness (QED) is 0.345. The first kappa shape index (κ1) is 19.3. The smallest absolute Gasteiger partial charge is 0.339 e. The van der Waals surface area contributed by atoms with Gasteiger partial charge in [0.2, 0.25) is 5.78 Å². The summed E-state index contributed by atoms with van der Waals surface area (Å²) in [5, 5.41) is 10.8. The minimum atomic E-state index is -0.998. The molecule has 0 unspecified atom stereocenters. The van der Waals surface area contributed by atoms with Gasteiger partial charge >= 0.3 is 5.97 Å². The second kappa shape index (κ2) is 7.47. The number of ketones is 1. The number of carbonyl (C=O) groups excluding carboxylic acids is 2. The summed E-state index contributed by atoms with van der Waals surface area (Å²) >= 11 is 0. The molecule has 0 aliphatic heterocycles. The fraction of sp³-hybridized carbons (Fsp3) is 0.300. The summed E-state index contributed by atoms with van der Waals surface area (Å²) in [6, 6.07) is 12.4. The Morgan fingerprint density at radius 2 is 1.65 bits per heavy atom. The first-order chi connectivity index (χ1) is 12.1. The normalized spacial score (nSPS) is 12.3. The lowest BCUT2D eigenvalue weighted by Gasteiger charge is -2.19. The molecule has 6 nitrogen and oxygen atoms in total. The van der Waals surface area contributed by atoms with E-state index in [2.05, 4.69) is 20.8 Å². The Bertz CT molecular complexity index is 834. The van der Waals surface area contributed by atoms with Crippen LogP contribution in [0.2, 0.25) is 0 Å². The lowest BCUT2D eigenvalue weighted by molar-refractivity contribution is -0.384. The maximum Gasteiger partial charge on any atom is 0.339 e. The van der Waals surface area contributed by atoms with Crippen molar-refractivity contribution in [2.24, 2.45) is 0 Å². The van der Waals surface area contributed by atoms with Crippen LogP contribution in [-0.2, 0) is 10.2 Å². The van der Waals surface area contributed by atoms with Crippen molar-refractivity contribution in [1.82, 2.24) is 0 Å². The topological polar surface area (TPSA) is 86.5 Å². The zero-order valence-corrected chi connectivity index (χ0v) is 15.2. The highest BCUT2D eigenvalue weighted by atomic mass is 16.6. The number of ether oxygens (including phenoxy) is 1. The van der Waals surface area contributed by atoms with Crippen LogP contribution in [0.5, 0.6) is 0 Å². The molecule has 26 heavy (non-hydrogen) atoms. The molecule has 2 rings (SSSR count). The molecule has 0 bridgehead atoms. The number of hydrogen-bond donors (Lipinski definition) is 0. The molecule has 0 heterocycles. The van der Waals surface area contributed by atoms with Gasteiger partial charge in [-0.1, -0.05) is 51.1 Å². The van der Waals surface area contributed by atoms with Crippen LogP contribution in [0.15, 0.2) is 48.5 Å². The molecule has 0 amide bonds. The Hall–Kier alpha value is -3.02.